The van der Waals surface area contributed by atoms with Crippen LogP contribution < -0.4 is 5.73 Å². The molecule has 1 aromatic rings. The van der Waals surface area contributed by atoms with Gasteiger partial charge in [0.15, 0.2) is 11.6 Å². The first-order chi connectivity index (χ1) is 7.59. The number of hydrogen-bond donors (Lipinski definition) is 1. The summed E-state index contributed by atoms with van der Waals surface area (Å²) in [6.07, 6.45) is 0.883. The number of benzene rings is 1. The van der Waals surface area contributed by atoms with Gasteiger partial charge in [-0.2, -0.15) is 0 Å². The predicted molar refractivity (Wildman–Crippen MR) is 60.4 cm³/mol. The van der Waals surface area contributed by atoms with E-state index in [1.807, 2.05) is 6.92 Å². The second-order valence-corrected chi connectivity index (χ2v) is 5.05. The maximum atomic E-state index is 13.5. The monoisotopic (exact) mass is 245 g/mol. The largest absolute Gasteiger partial charge is 0.398 e. The molecule has 0 spiro atoms. The van der Waals surface area contributed by atoms with Gasteiger partial charge in [-0.25, -0.2) is 8.78 Å². The zero-order valence-corrected chi connectivity index (χ0v) is 9.69. The molecule has 1 heterocycles. The molecule has 1 aliphatic heterocycles. The van der Waals surface area contributed by atoms with E-state index in [9.17, 15) is 8.78 Å². The van der Waals surface area contributed by atoms with E-state index in [0.29, 0.717) is 6.61 Å². The van der Waals surface area contributed by atoms with E-state index >= 15 is 0 Å². The lowest BCUT2D eigenvalue weighted by Gasteiger charge is -2.15. The van der Waals surface area contributed by atoms with E-state index < -0.39 is 11.6 Å². The number of rotatable bonds is 2. The van der Waals surface area contributed by atoms with Gasteiger partial charge in [0.05, 0.1) is 11.0 Å². The average molecular weight is 245 g/mol. The predicted octanol–water partition coefficient (Wildman–Crippen LogP) is 2.82. The minimum Gasteiger partial charge on any atom is -0.398 e. The van der Waals surface area contributed by atoms with Crippen LogP contribution in [0.25, 0.3) is 0 Å². The van der Waals surface area contributed by atoms with Crippen molar-refractivity contribution < 1.29 is 13.5 Å². The molecule has 1 fully saturated rings. The molecule has 2 N–H and O–H groups in total. The molecule has 0 saturated carbocycles. The van der Waals surface area contributed by atoms with Crippen LogP contribution >= 0.6 is 11.8 Å². The molecule has 88 valence electrons. The highest BCUT2D eigenvalue weighted by atomic mass is 32.2. The Morgan fingerprint density at radius 2 is 2.19 bits per heavy atom. The van der Waals surface area contributed by atoms with E-state index in [1.165, 1.54) is 17.8 Å². The maximum Gasteiger partial charge on any atom is 0.174 e. The lowest BCUT2D eigenvalue weighted by molar-refractivity contribution is 0.127. The van der Waals surface area contributed by atoms with Crippen molar-refractivity contribution in [3.63, 3.8) is 0 Å². The first-order valence-corrected chi connectivity index (χ1v) is 5.99. The number of ether oxygens (including phenoxy) is 1. The Morgan fingerprint density at radius 3 is 2.81 bits per heavy atom. The van der Waals surface area contributed by atoms with E-state index in [-0.39, 0.29) is 21.9 Å². The van der Waals surface area contributed by atoms with Gasteiger partial charge in [-0.15, -0.1) is 11.8 Å². The Bertz CT molecular complexity index is 400. The first-order valence-electron chi connectivity index (χ1n) is 5.11. The molecule has 0 bridgehead atoms. The molecule has 16 heavy (non-hydrogen) atoms. The van der Waals surface area contributed by atoms with Gasteiger partial charge in [-0.1, -0.05) is 0 Å². The molecule has 1 saturated heterocycles. The number of hydrogen-bond acceptors (Lipinski definition) is 3. The van der Waals surface area contributed by atoms with Crippen LogP contribution in [0.4, 0.5) is 14.5 Å². The van der Waals surface area contributed by atoms with Crippen LogP contribution in [0.2, 0.25) is 0 Å². The fourth-order valence-electron chi connectivity index (χ4n) is 1.68. The third-order valence-electron chi connectivity index (χ3n) is 2.66. The van der Waals surface area contributed by atoms with Gasteiger partial charge in [0.25, 0.3) is 0 Å². The lowest BCUT2D eigenvalue weighted by Crippen LogP contribution is -2.14. The van der Waals surface area contributed by atoms with Crippen molar-refractivity contribution in [1.82, 2.24) is 0 Å². The zero-order valence-electron chi connectivity index (χ0n) is 8.87. The van der Waals surface area contributed by atoms with Crippen LogP contribution in [-0.2, 0) is 4.74 Å². The maximum absolute atomic E-state index is 13.5. The normalized spacial score (nSPS) is 24.9. The number of nitrogen functional groups attached to an aromatic ring is 1. The smallest absolute Gasteiger partial charge is 0.174 e. The Balaban J connectivity index is 2.23. The van der Waals surface area contributed by atoms with Crippen molar-refractivity contribution in [3.8, 4) is 0 Å². The van der Waals surface area contributed by atoms with Crippen LogP contribution in [0.1, 0.15) is 13.3 Å². The standard InChI is InChI=1S/C11H13F2NOS/c1-6-9(4-5-15-6)16-11-8(14)3-2-7(12)10(11)13/h2-3,6,9H,4-5,14H2,1H3. The second-order valence-electron chi connectivity index (χ2n) is 3.80. The quantitative estimate of drug-likeness (QED) is 0.814. The summed E-state index contributed by atoms with van der Waals surface area (Å²) in [5, 5.41) is 0.138. The molecule has 5 heteroatoms. The van der Waals surface area contributed by atoms with Crippen molar-refractivity contribution in [3.05, 3.63) is 23.8 Å². The Kier molecular flexibility index (Phi) is 3.35. The Hall–Kier alpha value is -0.810. The van der Waals surface area contributed by atoms with E-state index in [2.05, 4.69) is 0 Å². The molecule has 0 amide bonds. The highest BCUT2D eigenvalue weighted by molar-refractivity contribution is 8.00. The number of nitrogens with two attached hydrogens (primary N) is 1. The van der Waals surface area contributed by atoms with Crippen molar-refractivity contribution in [2.24, 2.45) is 0 Å². The molecule has 0 radical (unpaired) electrons. The second kappa shape index (κ2) is 4.59. The van der Waals surface area contributed by atoms with Crippen LogP contribution in [0.5, 0.6) is 0 Å². The van der Waals surface area contributed by atoms with Crippen molar-refractivity contribution >= 4 is 17.4 Å². The van der Waals surface area contributed by atoms with E-state index in [4.69, 9.17) is 10.5 Å². The topological polar surface area (TPSA) is 35.2 Å². The highest BCUT2D eigenvalue weighted by Crippen LogP contribution is 2.37. The summed E-state index contributed by atoms with van der Waals surface area (Å²) in [6.45, 7) is 2.59. The zero-order chi connectivity index (χ0) is 11.7. The first kappa shape index (κ1) is 11.7. The third kappa shape index (κ3) is 2.15. The lowest BCUT2D eigenvalue weighted by atomic mass is 10.2. The SMILES string of the molecule is CC1OCCC1Sc1c(N)ccc(F)c1F. The van der Waals surface area contributed by atoms with Crippen molar-refractivity contribution in [2.45, 2.75) is 29.6 Å². The molecule has 2 nitrogen and oxygen atoms in total. The van der Waals surface area contributed by atoms with Gasteiger partial charge in [0, 0.05) is 17.5 Å². The minimum atomic E-state index is -0.858. The molecular weight excluding hydrogens is 232 g/mol. The average Bonchev–Trinajstić information content (AvgIpc) is 2.65. The Morgan fingerprint density at radius 1 is 1.44 bits per heavy atom. The van der Waals surface area contributed by atoms with Crippen LogP contribution in [0.15, 0.2) is 17.0 Å². The number of anilines is 1. The minimum absolute atomic E-state index is 0.0482. The molecule has 2 unspecified atom stereocenters. The van der Waals surface area contributed by atoms with Gasteiger partial charge in [-0.05, 0) is 25.5 Å². The molecular formula is C11H13F2NOS. The summed E-state index contributed by atoms with van der Waals surface area (Å²) in [6, 6.07) is 2.44. The van der Waals surface area contributed by atoms with Gasteiger partial charge in [-0.3, -0.25) is 0 Å². The van der Waals surface area contributed by atoms with Crippen LogP contribution in [0, 0.1) is 11.6 Å². The van der Waals surface area contributed by atoms with Gasteiger partial charge < -0.3 is 10.5 Å². The van der Waals surface area contributed by atoms with E-state index in [0.717, 1.165) is 12.5 Å². The summed E-state index contributed by atoms with van der Waals surface area (Å²) < 4.78 is 32.0. The van der Waals surface area contributed by atoms with E-state index in [1.54, 1.807) is 0 Å². The molecule has 0 aromatic heterocycles. The Labute approximate surface area is 97.2 Å². The third-order valence-corrected chi connectivity index (χ3v) is 4.23. The molecule has 1 aromatic carbocycles. The molecule has 2 atom stereocenters. The molecule has 0 aliphatic carbocycles. The fourth-order valence-corrected chi connectivity index (χ4v) is 2.88. The summed E-state index contributed by atoms with van der Waals surface area (Å²) >= 11 is 1.26. The summed E-state index contributed by atoms with van der Waals surface area (Å²) in [4.78, 5) is 0.197. The van der Waals surface area contributed by atoms with Crippen LogP contribution in [0.3, 0.4) is 0 Å². The highest BCUT2D eigenvalue weighted by Gasteiger charge is 2.27. The number of halogens is 2. The summed E-state index contributed by atoms with van der Waals surface area (Å²) in [5.74, 6) is -1.72. The van der Waals surface area contributed by atoms with Crippen molar-refractivity contribution in [2.75, 3.05) is 12.3 Å². The number of thioether (sulfide) groups is 1. The van der Waals surface area contributed by atoms with Crippen LogP contribution in [-0.4, -0.2) is 18.0 Å². The van der Waals surface area contributed by atoms with Crippen molar-refractivity contribution in [1.29, 1.82) is 0 Å². The summed E-state index contributed by atoms with van der Waals surface area (Å²) in [7, 11) is 0. The molecule has 1 aliphatic rings. The summed E-state index contributed by atoms with van der Waals surface area (Å²) in [5.41, 5.74) is 5.93. The van der Waals surface area contributed by atoms with Gasteiger partial charge >= 0.3 is 0 Å². The van der Waals surface area contributed by atoms with Gasteiger partial charge in [0.1, 0.15) is 0 Å². The fraction of sp³-hybridized carbons (Fsp3) is 0.455. The molecule has 2 rings (SSSR count). The van der Waals surface area contributed by atoms with Gasteiger partial charge in [0.2, 0.25) is 0 Å².